The summed E-state index contributed by atoms with van der Waals surface area (Å²) in [6, 6.07) is 5.50. The molecule has 3 N–H and O–H groups in total. The first-order valence-corrected chi connectivity index (χ1v) is 7.64. The van der Waals surface area contributed by atoms with Crippen molar-refractivity contribution in [1.82, 2.24) is 10.6 Å². The summed E-state index contributed by atoms with van der Waals surface area (Å²) in [7, 11) is 0. The van der Waals surface area contributed by atoms with Crippen LogP contribution in [-0.2, 0) is 4.79 Å². The normalized spacial score (nSPS) is 18.6. The fourth-order valence-electron chi connectivity index (χ4n) is 2.80. The minimum absolute atomic E-state index is 0.0576. The van der Waals surface area contributed by atoms with Crippen LogP contribution in [0.25, 0.3) is 0 Å². The number of alkyl halides is 3. The van der Waals surface area contributed by atoms with Crippen molar-refractivity contribution in [3.63, 3.8) is 0 Å². The maximum Gasteiger partial charge on any atom is 0.407 e. The van der Waals surface area contributed by atoms with Gasteiger partial charge in [0.2, 0.25) is 5.91 Å². The van der Waals surface area contributed by atoms with Crippen LogP contribution in [0.5, 0.6) is 0 Å². The van der Waals surface area contributed by atoms with Crippen LogP contribution in [0.1, 0.15) is 37.3 Å². The van der Waals surface area contributed by atoms with Gasteiger partial charge in [0.05, 0.1) is 12.1 Å². The van der Waals surface area contributed by atoms with Gasteiger partial charge in [0.15, 0.2) is 0 Å². The van der Waals surface area contributed by atoms with Crippen LogP contribution in [0.2, 0.25) is 0 Å². The van der Waals surface area contributed by atoms with E-state index in [1.807, 2.05) is 0 Å². The van der Waals surface area contributed by atoms with Crippen LogP contribution in [0.15, 0.2) is 30.3 Å². The second-order valence-corrected chi connectivity index (χ2v) is 5.97. The second kappa shape index (κ2) is 7.31. The number of carbonyl (C=O) groups excluding carboxylic acids is 1. The van der Waals surface area contributed by atoms with Crippen molar-refractivity contribution >= 4 is 5.91 Å². The van der Waals surface area contributed by atoms with Gasteiger partial charge in [0, 0.05) is 6.54 Å². The lowest BCUT2D eigenvalue weighted by Crippen LogP contribution is -2.45. The molecule has 0 bridgehead atoms. The van der Waals surface area contributed by atoms with Crippen molar-refractivity contribution in [2.45, 2.75) is 43.5 Å². The molecule has 0 spiro atoms. The molecular weight excluding hydrogens is 309 g/mol. The van der Waals surface area contributed by atoms with Gasteiger partial charge in [-0.1, -0.05) is 43.2 Å². The van der Waals surface area contributed by atoms with Gasteiger partial charge in [-0.25, -0.2) is 0 Å². The third-order valence-electron chi connectivity index (χ3n) is 4.08. The molecule has 1 aliphatic rings. The van der Waals surface area contributed by atoms with E-state index in [4.69, 9.17) is 0 Å². The molecule has 1 fully saturated rings. The van der Waals surface area contributed by atoms with Gasteiger partial charge >= 0.3 is 6.18 Å². The SMILES string of the molecule is O=C(CNC(c1ccccc1)C(F)(F)F)NCC1(O)CCCC1. The lowest BCUT2D eigenvalue weighted by molar-refractivity contribution is -0.158. The highest BCUT2D eigenvalue weighted by atomic mass is 19.4. The summed E-state index contributed by atoms with van der Waals surface area (Å²) in [5.41, 5.74) is -0.861. The van der Waals surface area contributed by atoms with Gasteiger partial charge in [-0.3, -0.25) is 10.1 Å². The van der Waals surface area contributed by atoms with Crippen LogP contribution < -0.4 is 10.6 Å². The van der Waals surface area contributed by atoms with Crippen molar-refractivity contribution in [3.8, 4) is 0 Å². The number of hydrogen-bond acceptors (Lipinski definition) is 3. The summed E-state index contributed by atoms with van der Waals surface area (Å²) < 4.78 is 39.3. The van der Waals surface area contributed by atoms with Crippen molar-refractivity contribution in [1.29, 1.82) is 0 Å². The van der Waals surface area contributed by atoms with E-state index in [-0.39, 0.29) is 12.1 Å². The smallest absolute Gasteiger partial charge is 0.388 e. The molecular formula is C16H21F3N2O2. The van der Waals surface area contributed by atoms with E-state index < -0.39 is 30.3 Å². The Labute approximate surface area is 133 Å². The molecule has 0 aliphatic heterocycles. The fourth-order valence-corrected chi connectivity index (χ4v) is 2.80. The molecule has 1 aromatic carbocycles. The van der Waals surface area contributed by atoms with Gasteiger partial charge in [-0.2, -0.15) is 13.2 Å². The van der Waals surface area contributed by atoms with Crippen molar-refractivity contribution in [3.05, 3.63) is 35.9 Å². The van der Waals surface area contributed by atoms with Crippen LogP contribution in [-0.4, -0.2) is 35.9 Å². The number of hydrogen-bond donors (Lipinski definition) is 3. The van der Waals surface area contributed by atoms with E-state index in [0.717, 1.165) is 12.8 Å². The standard InChI is InChI=1S/C16H21F3N2O2/c17-16(18,19)14(12-6-2-1-3-7-12)20-10-13(22)21-11-15(23)8-4-5-9-15/h1-3,6-7,14,20,23H,4-5,8-11H2,(H,21,22). The Bertz CT molecular complexity index is 514. The Balaban J connectivity index is 1.87. The maximum atomic E-state index is 13.1. The Morgan fingerprint density at radius 3 is 2.39 bits per heavy atom. The highest BCUT2D eigenvalue weighted by Gasteiger charge is 2.40. The number of nitrogens with one attached hydrogen (secondary N) is 2. The molecule has 0 radical (unpaired) electrons. The first kappa shape index (κ1) is 17.7. The van der Waals surface area contributed by atoms with E-state index >= 15 is 0 Å². The van der Waals surface area contributed by atoms with Crippen molar-refractivity contribution < 1.29 is 23.1 Å². The van der Waals surface area contributed by atoms with E-state index in [0.29, 0.717) is 12.8 Å². The Morgan fingerprint density at radius 2 is 1.83 bits per heavy atom. The van der Waals surface area contributed by atoms with Crippen LogP contribution >= 0.6 is 0 Å². The van der Waals surface area contributed by atoms with Gasteiger partial charge in [0.25, 0.3) is 0 Å². The number of carbonyl (C=O) groups is 1. The quantitative estimate of drug-likeness (QED) is 0.750. The molecule has 1 unspecified atom stereocenters. The minimum Gasteiger partial charge on any atom is -0.388 e. The third-order valence-corrected chi connectivity index (χ3v) is 4.08. The predicted molar refractivity (Wildman–Crippen MR) is 79.7 cm³/mol. The highest BCUT2D eigenvalue weighted by Crippen LogP contribution is 2.32. The largest absolute Gasteiger partial charge is 0.407 e. The van der Waals surface area contributed by atoms with E-state index in [2.05, 4.69) is 10.6 Å². The monoisotopic (exact) mass is 330 g/mol. The highest BCUT2D eigenvalue weighted by molar-refractivity contribution is 5.78. The number of amides is 1. The summed E-state index contributed by atoms with van der Waals surface area (Å²) in [6.07, 6.45) is -1.49. The van der Waals surface area contributed by atoms with E-state index in [1.165, 1.54) is 24.3 Å². The zero-order valence-corrected chi connectivity index (χ0v) is 12.7. The Morgan fingerprint density at radius 1 is 1.22 bits per heavy atom. The average Bonchev–Trinajstić information content (AvgIpc) is 2.92. The Kier molecular flexibility index (Phi) is 5.64. The molecule has 1 atom stereocenters. The van der Waals surface area contributed by atoms with Gasteiger partial charge in [0.1, 0.15) is 6.04 Å². The van der Waals surface area contributed by atoms with Gasteiger partial charge in [-0.15, -0.1) is 0 Å². The third kappa shape index (κ3) is 5.21. The lowest BCUT2D eigenvalue weighted by atomic mass is 10.0. The number of aliphatic hydroxyl groups is 1. The van der Waals surface area contributed by atoms with Crippen molar-refractivity contribution in [2.24, 2.45) is 0 Å². The molecule has 1 aromatic rings. The Hall–Kier alpha value is -1.60. The molecule has 4 nitrogen and oxygen atoms in total. The summed E-state index contributed by atoms with van der Waals surface area (Å²) in [5, 5.41) is 14.9. The first-order chi connectivity index (χ1) is 10.8. The second-order valence-electron chi connectivity index (χ2n) is 5.97. The van der Waals surface area contributed by atoms with Gasteiger partial charge < -0.3 is 10.4 Å². The zero-order chi connectivity index (χ0) is 16.9. The van der Waals surface area contributed by atoms with E-state index in [9.17, 15) is 23.1 Å². The first-order valence-electron chi connectivity index (χ1n) is 7.64. The summed E-state index contributed by atoms with van der Waals surface area (Å²) in [4.78, 5) is 11.8. The lowest BCUT2D eigenvalue weighted by Gasteiger charge is -2.24. The molecule has 2 rings (SSSR count). The van der Waals surface area contributed by atoms with Crippen LogP contribution in [0.3, 0.4) is 0 Å². The molecule has 23 heavy (non-hydrogen) atoms. The average molecular weight is 330 g/mol. The summed E-state index contributed by atoms with van der Waals surface area (Å²) in [5.74, 6) is -0.560. The van der Waals surface area contributed by atoms with Crippen molar-refractivity contribution in [2.75, 3.05) is 13.1 Å². The van der Waals surface area contributed by atoms with Crippen LogP contribution in [0.4, 0.5) is 13.2 Å². The molecule has 1 aliphatic carbocycles. The molecule has 7 heteroatoms. The maximum absolute atomic E-state index is 13.1. The molecule has 0 saturated heterocycles. The number of halogens is 3. The van der Waals surface area contributed by atoms with Crippen LogP contribution in [0, 0.1) is 0 Å². The van der Waals surface area contributed by atoms with Gasteiger partial charge in [-0.05, 0) is 18.4 Å². The minimum atomic E-state index is -4.49. The number of rotatable bonds is 6. The molecule has 1 saturated carbocycles. The van der Waals surface area contributed by atoms with E-state index in [1.54, 1.807) is 6.07 Å². The molecule has 1 amide bonds. The molecule has 128 valence electrons. The fraction of sp³-hybridized carbons (Fsp3) is 0.562. The molecule has 0 heterocycles. The molecule has 0 aromatic heterocycles. The topological polar surface area (TPSA) is 61.4 Å². The number of benzene rings is 1. The zero-order valence-electron chi connectivity index (χ0n) is 12.7. The predicted octanol–water partition coefficient (Wildman–Crippen LogP) is 2.30. The summed E-state index contributed by atoms with van der Waals surface area (Å²) in [6.45, 7) is -0.384. The summed E-state index contributed by atoms with van der Waals surface area (Å²) >= 11 is 0.